The van der Waals surface area contributed by atoms with E-state index in [1.807, 2.05) is 6.08 Å². The van der Waals surface area contributed by atoms with E-state index < -0.39 is 0 Å². The topological polar surface area (TPSA) is 9.23 Å². The highest BCUT2D eigenvalue weighted by Gasteiger charge is 2.24. The summed E-state index contributed by atoms with van der Waals surface area (Å²) in [6, 6.07) is 18.1. The van der Waals surface area contributed by atoms with Crippen LogP contribution in [0.15, 0.2) is 61.2 Å². The Kier molecular flexibility index (Phi) is 11.0. The third-order valence-corrected chi connectivity index (χ3v) is 9.14. The van der Waals surface area contributed by atoms with Crippen LogP contribution in [-0.4, -0.2) is 18.1 Å². The fourth-order valence-electron chi connectivity index (χ4n) is 3.92. The van der Waals surface area contributed by atoms with Crippen LogP contribution in [0.5, 0.6) is 5.75 Å². The molecule has 3 heteroatoms. The van der Waals surface area contributed by atoms with Crippen molar-refractivity contribution in [2.75, 3.05) is 18.1 Å². The molecule has 168 valence electrons. The highest BCUT2D eigenvalue weighted by molar-refractivity contribution is 8.17. The molecule has 1 saturated heterocycles. The van der Waals surface area contributed by atoms with Gasteiger partial charge in [0.1, 0.15) is 5.75 Å². The largest absolute Gasteiger partial charge is 0.494 e. The maximum Gasteiger partial charge on any atom is 0.119 e. The molecule has 1 aliphatic heterocycles. The lowest BCUT2D eigenvalue weighted by molar-refractivity contribution is 0.304. The van der Waals surface area contributed by atoms with Gasteiger partial charge < -0.3 is 4.74 Å². The van der Waals surface area contributed by atoms with Crippen molar-refractivity contribution in [1.82, 2.24) is 0 Å². The zero-order chi connectivity index (χ0) is 21.7. The molecule has 0 spiro atoms. The first-order valence-corrected chi connectivity index (χ1v) is 14.1. The molecule has 1 heterocycles. The smallest absolute Gasteiger partial charge is 0.119 e. The summed E-state index contributed by atoms with van der Waals surface area (Å²) in [6.45, 7) is 6.83. The number of hydrogen-bond donors (Lipinski definition) is 0. The Hall–Kier alpha value is -1.32. The van der Waals surface area contributed by atoms with E-state index >= 15 is 0 Å². The van der Waals surface area contributed by atoms with Crippen molar-refractivity contribution >= 4 is 23.5 Å². The molecule has 0 radical (unpaired) electrons. The van der Waals surface area contributed by atoms with Gasteiger partial charge in [-0.15, -0.1) is 30.1 Å². The molecule has 0 atom stereocenters. The Bertz CT molecular complexity index is 746. The summed E-state index contributed by atoms with van der Waals surface area (Å²) < 4.78 is 6.50. The first kappa shape index (κ1) is 24.3. The minimum Gasteiger partial charge on any atom is -0.494 e. The van der Waals surface area contributed by atoms with Gasteiger partial charge >= 0.3 is 0 Å². The van der Waals surface area contributed by atoms with Crippen LogP contribution in [0.1, 0.15) is 79.1 Å². The van der Waals surface area contributed by atoms with E-state index in [2.05, 4.69) is 85.6 Å². The summed E-state index contributed by atoms with van der Waals surface area (Å²) >= 11 is 4.17. The van der Waals surface area contributed by atoms with Crippen LogP contribution >= 0.6 is 23.5 Å². The van der Waals surface area contributed by atoms with Gasteiger partial charge in [-0.2, -0.15) is 0 Å². The third-order valence-electron chi connectivity index (χ3n) is 5.98. The van der Waals surface area contributed by atoms with Gasteiger partial charge in [0, 0.05) is 17.4 Å². The van der Waals surface area contributed by atoms with Crippen LogP contribution in [0, 0.1) is 0 Å². The fourth-order valence-corrected chi connectivity index (χ4v) is 7.06. The third kappa shape index (κ3) is 8.27. The lowest BCUT2D eigenvalue weighted by Crippen LogP contribution is -2.12. The number of rotatable bonds is 13. The molecule has 0 aliphatic carbocycles. The molecule has 0 aromatic heterocycles. The van der Waals surface area contributed by atoms with Gasteiger partial charge in [-0.1, -0.05) is 75.1 Å². The van der Waals surface area contributed by atoms with Gasteiger partial charge in [-0.05, 0) is 54.5 Å². The second-order valence-corrected chi connectivity index (χ2v) is 11.0. The Morgan fingerprint density at radius 1 is 0.839 bits per heavy atom. The predicted octanol–water partition coefficient (Wildman–Crippen LogP) is 8.81. The van der Waals surface area contributed by atoms with E-state index in [-0.39, 0.29) is 0 Å². The van der Waals surface area contributed by atoms with E-state index in [9.17, 15) is 0 Å². The van der Waals surface area contributed by atoms with Crippen molar-refractivity contribution in [2.45, 2.75) is 68.8 Å². The number of ether oxygens (including phenoxy) is 1. The summed E-state index contributed by atoms with van der Waals surface area (Å²) in [5.74, 6) is 4.08. The molecule has 1 fully saturated rings. The average molecular weight is 455 g/mol. The second-order valence-electron chi connectivity index (χ2n) is 8.41. The lowest BCUT2D eigenvalue weighted by atomic mass is 10.0. The monoisotopic (exact) mass is 454 g/mol. The normalized spacial score (nSPS) is 18.6. The Morgan fingerprint density at radius 3 is 2.10 bits per heavy atom. The summed E-state index contributed by atoms with van der Waals surface area (Å²) in [5, 5.41) is 0. The first-order chi connectivity index (χ1) is 15.3. The lowest BCUT2D eigenvalue weighted by Gasteiger charge is -2.28. The Morgan fingerprint density at radius 2 is 1.45 bits per heavy atom. The van der Waals surface area contributed by atoms with Crippen LogP contribution < -0.4 is 4.74 Å². The van der Waals surface area contributed by atoms with Gasteiger partial charge in [-0.25, -0.2) is 0 Å². The molecule has 0 N–H and O–H groups in total. The standard InChI is InChI=1S/C28H38OS2/c1-3-5-6-7-8-9-10-11-20-29-27-18-16-25(17-19-27)28-30-21-26(22-31-28)24-14-12-23(4-2)13-15-24/h3,12-19,26,28H,1,4-11,20-22H2,2H3. The Labute approximate surface area is 198 Å². The van der Waals surface area contributed by atoms with Gasteiger partial charge in [0.25, 0.3) is 0 Å². The Balaban J connectivity index is 1.33. The molecule has 31 heavy (non-hydrogen) atoms. The van der Waals surface area contributed by atoms with Crippen molar-refractivity contribution in [3.8, 4) is 5.75 Å². The zero-order valence-corrected chi connectivity index (χ0v) is 20.7. The average Bonchev–Trinajstić information content (AvgIpc) is 2.83. The van der Waals surface area contributed by atoms with E-state index in [1.54, 1.807) is 0 Å². The summed E-state index contributed by atoms with van der Waals surface area (Å²) in [5.41, 5.74) is 4.34. The molecular formula is C28H38OS2. The molecular weight excluding hydrogens is 416 g/mol. The van der Waals surface area contributed by atoms with Gasteiger partial charge in [0.2, 0.25) is 0 Å². The number of hydrogen-bond acceptors (Lipinski definition) is 3. The molecule has 3 rings (SSSR count). The van der Waals surface area contributed by atoms with Crippen LogP contribution in [0.4, 0.5) is 0 Å². The fraction of sp³-hybridized carbons (Fsp3) is 0.500. The molecule has 0 saturated carbocycles. The van der Waals surface area contributed by atoms with Crippen LogP contribution in [0.2, 0.25) is 0 Å². The minimum atomic E-state index is 0.543. The highest BCUT2D eigenvalue weighted by atomic mass is 32.2. The molecule has 2 aromatic rings. The van der Waals surface area contributed by atoms with Crippen molar-refractivity contribution < 1.29 is 4.74 Å². The summed E-state index contributed by atoms with van der Waals surface area (Å²) in [4.78, 5) is 0. The van der Waals surface area contributed by atoms with Crippen LogP contribution in [0.25, 0.3) is 0 Å². The highest BCUT2D eigenvalue weighted by Crippen LogP contribution is 2.48. The number of allylic oxidation sites excluding steroid dienone is 1. The van der Waals surface area contributed by atoms with Crippen molar-refractivity contribution in [1.29, 1.82) is 0 Å². The number of benzene rings is 2. The molecule has 0 amide bonds. The molecule has 0 unspecified atom stereocenters. The van der Waals surface area contributed by atoms with Crippen LogP contribution in [-0.2, 0) is 6.42 Å². The summed E-state index contributed by atoms with van der Waals surface area (Å²) in [6.07, 6.45) is 12.0. The van der Waals surface area contributed by atoms with E-state index in [0.29, 0.717) is 10.5 Å². The van der Waals surface area contributed by atoms with Gasteiger partial charge in [0.15, 0.2) is 0 Å². The second kappa shape index (κ2) is 14.0. The minimum absolute atomic E-state index is 0.543. The molecule has 1 aliphatic rings. The van der Waals surface area contributed by atoms with Gasteiger partial charge in [0.05, 0.1) is 11.2 Å². The van der Waals surface area contributed by atoms with E-state index in [4.69, 9.17) is 4.74 Å². The molecule has 2 aromatic carbocycles. The van der Waals surface area contributed by atoms with E-state index in [1.165, 1.54) is 60.3 Å². The SMILES string of the molecule is C=CCCCCCCCCOc1ccc(C2SCC(c3ccc(CC)cc3)CS2)cc1. The maximum absolute atomic E-state index is 5.96. The predicted molar refractivity (Wildman–Crippen MR) is 141 cm³/mol. The van der Waals surface area contributed by atoms with Crippen molar-refractivity contribution in [3.05, 3.63) is 77.9 Å². The van der Waals surface area contributed by atoms with Crippen molar-refractivity contribution in [2.24, 2.45) is 0 Å². The maximum atomic E-state index is 5.96. The van der Waals surface area contributed by atoms with E-state index in [0.717, 1.165) is 31.6 Å². The summed E-state index contributed by atoms with van der Waals surface area (Å²) in [7, 11) is 0. The van der Waals surface area contributed by atoms with Gasteiger partial charge in [-0.3, -0.25) is 0 Å². The molecule has 0 bridgehead atoms. The number of unbranched alkanes of at least 4 members (excludes halogenated alkanes) is 6. The number of aryl methyl sites for hydroxylation is 1. The quantitative estimate of drug-likeness (QED) is 0.221. The molecule has 1 nitrogen and oxygen atoms in total. The van der Waals surface area contributed by atoms with Crippen LogP contribution in [0.3, 0.4) is 0 Å². The zero-order valence-electron chi connectivity index (χ0n) is 19.1. The van der Waals surface area contributed by atoms with Crippen molar-refractivity contribution in [3.63, 3.8) is 0 Å². The number of thioether (sulfide) groups is 2. The first-order valence-electron chi connectivity index (χ1n) is 12.0.